The van der Waals surface area contributed by atoms with Crippen molar-refractivity contribution >= 4 is 17.4 Å². The lowest BCUT2D eigenvalue weighted by Crippen LogP contribution is -2.46. The molecule has 1 fully saturated rings. The molecule has 3 aromatic rings. The molecular weight excluding hydrogens is 424 g/mol. The average molecular weight is 459 g/mol. The first-order valence-corrected chi connectivity index (χ1v) is 11.8. The minimum Gasteiger partial charge on any atom is -0.497 e. The Morgan fingerprint density at radius 2 is 1.62 bits per heavy atom. The van der Waals surface area contributed by atoms with Crippen LogP contribution < -0.4 is 15.0 Å². The van der Waals surface area contributed by atoms with E-state index in [2.05, 4.69) is 53.0 Å². The molecule has 1 saturated heterocycles. The van der Waals surface area contributed by atoms with E-state index in [9.17, 15) is 4.79 Å². The Kier molecular flexibility index (Phi) is 7.17. The number of hydrogen-bond acceptors (Lipinski definition) is 5. The van der Waals surface area contributed by atoms with Gasteiger partial charge in [0.15, 0.2) is 0 Å². The molecule has 178 valence electrons. The molecule has 0 bridgehead atoms. The topological polar surface area (TPSA) is 57.7 Å². The molecular formula is C28H34N4O2. The summed E-state index contributed by atoms with van der Waals surface area (Å²) in [5, 5.41) is 2.95. The summed E-state index contributed by atoms with van der Waals surface area (Å²) in [6.07, 6.45) is 1.74. The summed E-state index contributed by atoms with van der Waals surface area (Å²) in [6.45, 7) is 11.2. The van der Waals surface area contributed by atoms with E-state index >= 15 is 0 Å². The molecule has 0 saturated carbocycles. The van der Waals surface area contributed by atoms with E-state index in [1.54, 1.807) is 13.3 Å². The second kappa shape index (κ2) is 10.3. The molecule has 0 atom stereocenters. The Bertz CT molecular complexity index is 1080. The van der Waals surface area contributed by atoms with Gasteiger partial charge in [0.2, 0.25) is 0 Å². The molecule has 1 N–H and O–H groups in total. The van der Waals surface area contributed by atoms with E-state index in [0.717, 1.165) is 44.3 Å². The normalized spacial score (nSPS) is 14.6. The number of nitrogens with one attached hydrogen (secondary N) is 1. The first-order chi connectivity index (χ1) is 16.3. The van der Waals surface area contributed by atoms with Gasteiger partial charge >= 0.3 is 0 Å². The number of piperazine rings is 1. The third-order valence-electron chi connectivity index (χ3n) is 6.28. The minimum atomic E-state index is -0.123. The summed E-state index contributed by atoms with van der Waals surface area (Å²) in [5.74, 6) is 1.71. The van der Waals surface area contributed by atoms with E-state index in [-0.39, 0.29) is 11.3 Å². The van der Waals surface area contributed by atoms with Gasteiger partial charge in [-0.15, -0.1) is 0 Å². The van der Waals surface area contributed by atoms with Crippen molar-refractivity contribution in [3.63, 3.8) is 0 Å². The van der Waals surface area contributed by atoms with Crippen LogP contribution in [-0.2, 0) is 12.0 Å². The molecule has 0 radical (unpaired) electrons. The SMILES string of the molecule is COc1ccc(CN2CCN(c3ccc(NC(=O)c4ccc(C(C)(C)C)cc4)cn3)CC2)cc1. The van der Waals surface area contributed by atoms with Crippen molar-refractivity contribution in [3.05, 3.63) is 83.6 Å². The van der Waals surface area contributed by atoms with E-state index < -0.39 is 0 Å². The summed E-state index contributed by atoms with van der Waals surface area (Å²) < 4.78 is 5.24. The van der Waals surface area contributed by atoms with E-state index in [1.165, 1.54) is 11.1 Å². The van der Waals surface area contributed by atoms with Crippen LogP contribution in [0, 0.1) is 0 Å². The summed E-state index contributed by atoms with van der Waals surface area (Å²) in [7, 11) is 1.69. The van der Waals surface area contributed by atoms with Crippen molar-refractivity contribution in [2.75, 3.05) is 43.5 Å². The fraction of sp³-hybridized carbons (Fsp3) is 0.357. The summed E-state index contributed by atoms with van der Waals surface area (Å²) in [6, 6.07) is 20.0. The highest BCUT2D eigenvalue weighted by Crippen LogP contribution is 2.23. The first-order valence-electron chi connectivity index (χ1n) is 11.8. The number of methoxy groups -OCH3 is 1. The van der Waals surface area contributed by atoms with Gasteiger partial charge in [0.05, 0.1) is 19.0 Å². The number of benzene rings is 2. The van der Waals surface area contributed by atoms with Crippen molar-refractivity contribution in [2.24, 2.45) is 0 Å². The number of ether oxygens (including phenoxy) is 1. The molecule has 1 amide bonds. The van der Waals surface area contributed by atoms with Crippen LogP contribution in [0.1, 0.15) is 42.3 Å². The van der Waals surface area contributed by atoms with Gasteiger partial charge in [0.1, 0.15) is 11.6 Å². The number of carbonyl (C=O) groups is 1. The van der Waals surface area contributed by atoms with Crippen LogP contribution in [0.4, 0.5) is 11.5 Å². The Hall–Kier alpha value is -3.38. The maximum Gasteiger partial charge on any atom is 0.255 e. The number of rotatable bonds is 6. The molecule has 1 aliphatic heterocycles. The lowest BCUT2D eigenvalue weighted by atomic mass is 9.87. The predicted octanol–water partition coefficient (Wildman–Crippen LogP) is 4.96. The van der Waals surface area contributed by atoms with Crippen LogP contribution in [-0.4, -0.2) is 49.1 Å². The molecule has 4 rings (SSSR count). The van der Waals surface area contributed by atoms with Gasteiger partial charge in [-0.3, -0.25) is 9.69 Å². The van der Waals surface area contributed by atoms with Gasteiger partial charge in [-0.2, -0.15) is 0 Å². The maximum absolute atomic E-state index is 12.6. The van der Waals surface area contributed by atoms with E-state index in [4.69, 9.17) is 4.74 Å². The highest BCUT2D eigenvalue weighted by molar-refractivity contribution is 6.04. The number of anilines is 2. The molecule has 34 heavy (non-hydrogen) atoms. The number of aromatic nitrogens is 1. The fourth-order valence-electron chi connectivity index (χ4n) is 4.10. The smallest absolute Gasteiger partial charge is 0.255 e. The Morgan fingerprint density at radius 3 is 2.18 bits per heavy atom. The second-order valence-electron chi connectivity index (χ2n) is 9.80. The molecule has 0 aliphatic carbocycles. The van der Waals surface area contributed by atoms with Gasteiger partial charge in [0.25, 0.3) is 5.91 Å². The summed E-state index contributed by atoms with van der Waals surface area (Å²) in [5.41, 5.74) is 3.91. The first kappa shape index (κ1) is 23.8. The van der Waals surface area contributed by atoms with Gasteiger partial charge in [-0.25, -0.2) is 4.98 Å². The fourth-order valence-corrected chi connectivity index (χ4v) is 4.10. The van der Waals surface area contributed by atoms with Crippen molar-refractivity contribution in [3.8, 4) is 5.75 Å². The van der Waals surface area contributed by atoms with Crippen LogP contribution in [0.15, 0.2) is 66.9 Å². The summed E-state index contributed by atoms with van der Waals surface area (Å²) in [4.78, 5) is 22.0. The molecule has 0 spiro atoms. The molecule has 2 heterocycles. The zero-order chi connectivity index (χ0) is 24.1. The van der Waals surface area contributed by atoms with Crippen LogP contribution in [0.3, 0.4) is 0 Å². The van der Waals surface area contributed by atoms with Gasteiger partial charge in [-0.05, 0) is 52.9 Å². The van der Waals surface area contributed by atoms with Crippen LogP contribution >= 0.6 is 0 Å². The number of hydrogen-bond donors (Lipinski definition) is 1. The number of carbonyl (C=O) groups excluding carboxylic acids is 1. The molecule has 6 nitrogen and oxygen atoms in total. The molecule has 1 aromatic heterocycles. The van der Waals surface area contributed by atoms with Crippen molar-refractivity contribution in [2.45, 2.75) is 32.7 Å². The minimum absolute atomic E-state index is 0.0654. The number of pyridine rings is 1. The Labute approximate surface area is 202 Å². The van der Waals surface area contributed by atoms with Crippen molar-refractivity contribution in [1.82, 2.24) is 9.88 Å². The van der Waals surface area contributed by atoms with Crippen LogP contribution in [0.5, 0.6) is 5.75 Å². The third-order valence-corrected chi connectivity index (χ3v) is 6.28. The molecule has 2 aromatic carbocycles. The van der Waals surface area contributed by atoms with Crippen molar-refractivity contribution < 1.29 is 9.53 Å². The average Bonchev–Trinajstić information content (AvgIpc) is 2.85. The van der Waals surface area contributed by atoms with Gasteiger partial charge in [-0.1, -0.05) is 45.0 Å². The molecule has 1 aliphatic rings. The van der Waals surface area contributed by atoms with Gasteiger partial charge in [0, 0.05) is 38.3 Å². The monoisotopic (exact) mass is 458 g/mol. The standard InChI is InChI=1S/C28H34N4O2/c1-28(2,3)23-9-7-22(8-10-23)27(33)30-24-11-14-26(29-19-24)32-17-15-31(16-18-32)20-21-5-12-25(34-4)13-6-21/h5-14,19H,15-18,20H2,1-4H3,(H,30,33). The predicted molar refractivity (Wildman–Crippen MR) is 138 cm³/mol. The lowest BCUT2D eigenvalue weighted by molar-refractivity contribution is 0.102. The van der Waals surface area contributed by atoms with E-state index in [1.807, 2.05) is 48.5 Å². The Balaban J connectivity index is 1.28. The summed E-state index contributed by atoms with van der Waals surface area (Å²) >= 11 is 0. The second-order valence-corrected chi connectivity index (χ2v) is 9.80. The molecule has 6 heteroatoms. The zero-order valence-corrected chi connectivity index (χ0v) is 20.5. The highest BCUT2D eigenvalue weighted by atomic mass is 16.5. The number of amides is 1. The lowest BCUT2D eigenvalue weighted by Gasteiger charge is -2.35. The largest absolute Gasteiger partial charge is 0.497 e. The molecule has 0 unspecified atom stereocenters. The number of nitrogens with zero attached hydrogens (tertiary/aromatic N) is 3. The highest BCUT2D eigenvalue weighted by Gasteiger charge is 2.19. The quantitative estimate of drug-likeness (QED) is 0.566. The Morgan fingerprint density at radius 1 is 0.941 bits per heavy atom. The third kappa shape index (κ3) is 5.94. The van der Waals surface area contributed by atoms with Crippen molar-refractivity contribution in [1.29, 1.82) is 0 Å². The van der Waals surface area contributed by atoms with Crippen LogP contribution in [0.2, 0.25) is 0 Å². The maximum atomic E-state index is 12.6. The zero-order valence-electron chi connectivity index (χ0n) is 20.5. The van der Waals surface area contributed by atoms with Crippen LogP contribution in [0.25, 0.3) is 0 Å². The van der Waals surface area contributed by atoms with Gasteiger partial charge < -0.3 is 15.0 Å². The van der Waals surface area contributed by atoms with E-state index in [0.29, 0.717) is 11.3 Å².